The van der Waals surface area contributed by atoms with Crippen LogP contribution in [0.4, 0.5) is 0 Å². The number of nitrogens with zero attached hydrogens (tertiary/aromatic N) is 3. The Balaban J connectivity index is -0.000000155. The van der Waals surface area contributed by atoms with E-state index in [1.165, 1.54) is 4.88 Å². The van der Waals surface area contributed by atoms with Gasteiger partial charge in [-0.1, -0.05) is 53.7 Å². The Morgan fingerprint density at radius 1 is 1.00 bits per heavy atom. The van der Waals surface area contributed by atoms with Crippen LogP contribution in [0.25, 0.3) is 10.4 Å². The van der Waals surface area contributed by atoms with Crippen molar-refractivity contribution in [2.75, 3.05) is 0 Å². The third-order valence-electron chi connectivity index (χ3n) is 1.82. The van der Waals surface area contributed by atoms with Crippen molar-refractivity contribution in [3.63, 3.8) is 0 Å². The molecule has 0 fully saturated rings. The summed E-state index contributed by atoms with van der Waals surface area (Å²) in [7, 11) is 0. The molecule has 0 aromatic carbocycles. The lowest BCUT2D eigenvalue weighted by molar-refractivity contribution is 0.323. The topological polar surface area (TPSA) is 58.4 Å². The van der Waals surface area contributed by atoms with Crippen molar-refractivity contribution in [2.45, 2.75) is 62.3 Å². The van der Waals surface area contributed by atoms with E-state index in [1.807, 2.05) is 80.8 Å². The Morgan fingerprint density at radius 3 is 1.72 bits per heavy atom. The van der Waals surface area contributed by atoms with Crippen LogP contribution in [0, 0.1) is 13.8 Å². The van der Waals surface area contributed by atoms with E-state index in [2.05, 4.69) is 34.5 Å². The summed E-state index contributed by atoms with van der Waals surface area (Å²) in [5, 5.41) is 10.4. The van der Waals surface area contributed by atoms with Crippen LogP contribution in [0.1, 0.15) is 59.2 Å². The lowest BCUT2D eigenvalue weighted by atomic mass is 10.2. The number of oxime groups is 1. The van der Waals surface area contributed by atoms with Gasteiger partial charge in [0.05, 0.1) is 9.88 Å². The second-order valence-electron chi connectivity index (χ2n) is 3.48. The number of rotatable bonds is 1. The Labute approximate surface area is 159 Å². The predicted octanol–water partition coefficient (Wildman–Crippen LogP) is 7.17. The quantitative estimate of drug-likeness (QED) is 0.251. The van der Waals surface area contributed by atoms with Crippen LogP contribution in [0.5, 0.6) is 0 Å². The summed E-state index contributed by atoms with van der Waals surface area (Å²) in [5.41, 5.74) is 2.20. The van der Waals surface area contributed by atoms with Crippen LogP contribution in [-0.2, 0) is 0 Å². The molecular formula is C20H37N3OS. The third-order valence-corrected chi connectivity index (χ3v) is 2.78. The van der Waals surface area contributed by atoms with Gasteiger partial charge in [-0.2, -0.15) is 0 Å². The summed E-state index contributed by atoms with van der Waals surface area (Å²) in [6.45, 7) is 23.9. The molecule has 2 heterocycles. The number of hydrogen-bond acceptors (Lipinski definition) is 5. The first-order valence-corrected chi connectivity index (χ1v) is 9.43. The Kier molecular flexibility index (Phi) is 33.1. The monoisotopic (exact) mass is 367 g/mol. The van der Waals surface area contributed by atoms with Crippen LogP contribution in [-0.4, -0.2) is 21.9 Å². The molecule has 25 heavy (non-hydrogen) atoms. The smallest absolute Gasteiger partial charge is 0.0900 e. The molecule has 0 atom stereocenters. The second-order valence-corrected chi connectivity index (χ2v) is 4.72. The summed E-state index contributed by atoms with van der Waals surface area (Å²) in [6.07, 6.45) is 5.54. The van der Waals surface area contributed by atoms with Crippen molar-refractivity contribution in [1.29, 1.82) is 0 Å². The number of aryl methyl sites for hydroxylation is 2. The molecule has 0 aliphatic carbocycles. The molecule has 2 rings (SSSR count). The van der Waals surface area contributed by atoms with Crippen molar-refractivity contribution >= 4 is 18.1 Å². The van der Waals surface area contributed by atoms with Gasteiger partial charge in [-0.25, -0.2) is 4.98 Å². The van der Waals surface area contributed by atoms with Crippen molar-refractivity contribution in [3.05, 3.63) is 47.9 Å². The van der Waals surface area contributed by atoms with E-state index < -0.39 is 0 Å². The van der Waals surface area contributed by atoms with E-state index >= 15 is 0 Å². The number of pyridine rings is 1. The van der Waals surface area contributed by atoms with E-state index in [1.54, 1.807) is 17.4 Å². The van der Waals surface area contributed by atoms with E-state index in [0.29, 0.717) is 0 Å². The Hall–Kier alpha value is -2.01. The minimum Gasteiger partial charge on any atom is -0.411 e. The molecule has 0 saturated heterocycles. The van der Waals surface area contributed by atoms with Crippen LogP contribution >= 0.6 is 11.3 Å². The fraction of sp³-hybridized carbons (Fsp3) is 0.450. The molecule has 0 aliphatic heterocycles. The summed E-state index contributed by atoms with van der Waals surface area (Å²) >= 11 is 1.70. The second kappa shape index (κ2) is 26.9. The fourth-order valence-corrected chi connectivity index (χ4v) is 1.88. The van der Waals surface area contributed by atoms with Gasteiger partial charge < -0.3 is 5.21 Å². The Morgan fingerprint density at radius 2 is 1.44 bits per heavy atom. The van der Waals surface area contributed by atoms with Gasteiger partial charge in [0.1, 0.15) is 0 Å². The minimum atomic E-state index is 1.05. The van der Waals surface area contributed by atoms with E-state index in [4.69, 9.17) is 5.21 Å². The van der Waals surface area contributed by atoms with Gasteiger partial charge in [-0.15, -0.1) is 23.1 Å². The number of aromatic nitrogens is 2. The van der Waals surface area contributed by atoms with Crippen molar-refractivity contribution < 1.29 is 5.21 Å². The predicted molar refractivity (Wildman–Crippen MR) is 116 cm³/mol. The number of hydrogen-bond donors (Lipinski definition) is 1. The van der Waals surface area contributed by atoms with E-state index in [9.17, 15) is 0 Å². The van der Waals surface area contributed by atoms with Gasteiger partial charge >= 0.3 is 0 Å². The highest BCUT2D eigenvalue weighted by atomic mass is 32.1. The first-order chi connectivity index (χ1) is 12.1. The first-order valence-electron chi connectivity index (χ1n) is 8.61. The zero-order valence-electron chi connectivity index (χ0n) is 17.5. The molecule has 1 N–H and O–H groups in total. The highest BCUT2D eigenvalue weighted by molar-refractivity contribution is 7.15. The van der Waals surface area contributed by atoms with Crippen molar-refractivity contribution in [2.24, 2.45) is 5.16 Å². The molecule has 2 aromatic rings. The summed E-state index contributed by atoms with van der Waals surface area (Å²) in [4.78, 5) is 9.64. The summed E-state index contributed by atoms with van der Waals surface area (Å²) in [6, 6.07) is 4.10. The maximum atomic E-state index is 7.08. The number of allylic oxidation sites excluding steroid dienone is 1. The number of thiazole rings is 1. The van der Waals surface area contributed by atoms with Gasteiger partial charge in [0.15, 0.2) is 0 Å². The molecule has 0 saturated carbocycles. The Bertz CT molecular complexity index is 488. The van der Waals surface area contributed by atoms with Crippen molar-refractivity contribution in [3.8, 4) is 10.4 Å². The molecule has 0 amide bonds. The van der Waals surface area contributed by atoms with Gasteiger partial charge in [0.25, 0.3) is 0 Å². The van der Waals surface area contributed by atoms with Gasteiger partial charge in [-0.3, -0.25) is 4.98 Å². The SMILES string of the molecule is C=CC.C=NO.CC.CC.CC.Cc1ccc(-c2cnc(C)s2)cn1. The minimum absolute atomic E-state index is 1.05. The lowest BCUT2D eigenvalue weighted by Gasteiger charge is -1.95. The molecule has 0 aliphatic rings. The van der Waals surface area contributed by atoms with Crippen LogP contribution < -0.4 is 0 Å². The normalized spacial score (nSPS) is 7.08. The van der Waals surface area contributed by atoms with Crippen LogP contribution in [0.3, 0.4) is 0 Å². The standard InChI is InChI=1S/C10H10N2S.C3H6.3C2H6.CH3NO/c1-7-3-4-9(5-11-7)10-6-12-8(2)13-10;1-3-2;3*1-2;1-2-3/h3-6H,1-2H3;3H,1H2,2H3;3*1-2H3;3H,1H2. The molecule has 0 unspecified atom stereocenters. The first kappa shape index (κ1) is 30.8. The van der Waals surface area contributed by atoms with Gasteiger partial charge in [0, 0.05) is 30.4 Å². The third kappa shape index (κ3) is 19.9. The molecule has 0 bridgehead atoms. The van der Waals surface area contributed by atoms with Gasteiger partial charge in [0.2, 0.25) is 0 Å². The molecule has 5 heteroatoms. The zero-order chi connectivity index (χ0) is 20.7. The van der Waals surface area contributed by atoms with E-state index in [0.717, 1.165) is 16.3 Å². The lowest BCUT2D eigenvalue weighted by Crippen LogP contribution is -1.79. The zero-order valence-corrected chi connectivity index (χ0v) is 18.3. The molecule has 0 spiro atoms. The van der Waals surface area contributed by atoms with Gasteiger partial charge in [-0.05, 0) is 26.8 Å². The summed E-state index contributed by atoms with van der Waals surface area (Å²) in [5.74, 6) is 0. The fourth-order valence-electron chi connectivity index (χ4n) is 1.11. The van der Waals surface area contributed by atoms with Crippen molar-refractivity contribution in [1.82, 2.24) is 9.97 Å². The molecule has 144 valence electrons. The highest BCUT2D eigenvalue weighted by Gasteiger charge is 2.00. The molecule has 0 radical (unpaired) electrons. The molecule has 2 aromatic heterocycles. The molecule has 4 nitrogen and oxygen atoms in total. The molecular weight excluding hydrogens is 330 g/mol. The average molecular weight is 368 g/mol. The summed E-state index contributed by atoms with van der Waals surface area (Å²) < 4.78 is 0. The van der Waals surface area contributed by atoms with Crippen LogP contribution in [0.2, 0.25) is 0 Å². The maximum absolute atomic E-state index is 7.08. The average Bonchev–Trinajstić information content (AvgIpc) is 3.09. The highest BCUT2D eigenvalue weighted by Crippen LogP contribution is 2.24. The largest absolute Gasteiger partial charge is 0.411 e. The van der Waals surface area contributed by atoms with E-state index in [-0.39, 0.29) is 0 Å². The van der Waals surface area contributed by atoms with Crippen LogP contribution in [0.15, 0.2) is 42.3 Å². The maximum Gasteiger partial charge on any atom is 0.0900 e.